The number of aliphatic hydroxyl groups is 1. The average Bonchev–Trinajstić information content (AvgIpc) is 3.36. The Kier molecular flexibility index (Phi) is 7.31. The molecule has 2 unspecified atom stereocenters. The molecule has 2 aromatic heterocycles. The quantitative estimate of drug-likeness (QED) is 0.397. The van der Waals surface area contributed by atoms with Gasteiger partial charge in [0.1, 0.15) is 0 Å². The van der Waals surface area contributed by atoms with E-state index in [1.165, 1.54) is 0 Å². The molecule has 2 fully saturated rings. The normalized spacial score (nSPS) is 18.6. The minimum atomic E-state index is -1.55. The molecule has 2 atom stereocenters. The highest BCUT2D eigenvalue weighted by atomic mass is 16.5. The molecular formula is C27H32N6O4. The number of rotatable bonds is 9. The van der Waals surface area contributed by atoms with Gasteiger partial charge >= 0.3 is 0 Å². The summed E-state index contributed by atoms with van der Waals surface area (Å²) in [5.41, 5.74) is 7.75. The van der Waals surface area contributed by atoms with Crippen molar-refractivity contribution >= 4 is 11.8 Å². The molecule has 4 heterocycles. The zero-order chi connectivity index (χ0) is 25.8. The summed E-state index contributed by atoms with van der Waals surface area (Å²) in [7, 11) is 0. The zero-order valence-corrected chi connectivity index (χ0v) is 20.6. The number of primary amides is 1. The summed E-state index contributed by atoms with van der Waals surface area (Å²) >= 11 is 0. The number of aliphatic hydroxyl groups excluding tert-OH is 1. The van der Waals surface area contributed by atoms with Crippen molar-refractivity contribution in [2.45, 2.75) is 38.0 Å². The van der Waals surface area contributed by atoms with Crippen LogP contribution in [0.4, 0.5) is 0 Å². The first-order chi connectivity index (χ1) is 17.9. The molecule has 1 spiro atoms. The molecule has 2 saturated heterocycles. The van der Waals surface area contributed by atoms with Crippen molar-refractivity contribution < 1.29 is 19.4 Å². The number of nitrogens with two attached hydrogens (primary N) is 1. The fourth-order valence-electron chi connectivity index (χ4n) is 4.97. The largest absolute Gasteiger partial charge is 0.381 e. The number of pyridine rings is 1. The lowest BCUT2D eigenvalue weighted by molar-refractivity contribution is -0.140. The van der Waals surface area contributed by atoms with Crippen molar-refractivity contribution in [1.82, 2.24) is 25.0 Å². The third kappa shape index (κ3) is 5.71. The topological polar surface area (TPSA) is 136 Å². The molecule has 10 heteroatoms. The average molecular weight is 505 g/mol. The fourth-order valence-corrected chi connectivity index (χ4v) is 4.97. The maximum absolute atomic E-state index is 13.3. The van der Waals surface area contributed by atoms with Gasteiger partial charge in [-0.15, -0.1) is 0 Å². The van der Waals surface area contributed by atoms with Gasteiger partial charge in [0.05, 0.1) is 30.5 Å². The highest BCUT2D eigenvalue weighted by Gasteiger charge is 2.41. The Morgan fingerprint density at radius 3 is 2.54 bits per heavy atom. The van der Waals surface area contributed by atoms with E-state index in [-0.39, 0.29) is 12.0 Å². The number of hydrogen-bond donors (Lipinski definition) is 3. The van der Waals surface area contributed by atoms with Crippen molar-refractivity contribution in [3.05, 3.63) is 77.7 Å². The minimum Gasteiger partial charge on any atom is -0.381 e. The third-order valence-electron chi connectivity index (χ3n) is 7.30. The Morgan fingerprint density at radius 2 is 1.86 bits per heavy atom. The number of carbonyl (C=O) groups excluding carboxylic acids is 2. The molecule has 0 bridgehead atoms. The molecule has 5 rings (SSSR count). The van der Waals surface area contributed by atoms with Gasteiger partial charge in [-0.2, -0.15) is 5.10 Å². The van der Waals surface area contributed by atoms with E-state index in [2.05, 4.69) is 20.3 Å². The Labute approximate surface area is 215 Å². The van der Waals surface area contributed by atoms with Crippen LogP contribution in [0.2, 0.25) is 0 Å². The lowest BCUT2D eigenvalue weighted by Gasteiger charge is -2.47. The number of likely N-dealkylation sites (tertiary alicyclic amines) is 1. The summed E-state index contributed by atoms with van der Waals surface area (Å²) in [6.45, 7) is 4.50. The van der Waals surface area contributed by atoms with Gasteiger partial charge in [0.2, 0.25) is 5.91 Å². The van der Waals surface area contributed by atoms with E-state index in [0.717, 1.165) is 56.9 Å². The first-order valence-electron chi connectivity index (χ1n) is 12.5. The summed E-state index contributed by atoms with van der Waals surface area (Å²) in [4.78, 5) is 31.8. The smallest absolute Gasteiger partial charge is 0.255 e. The molecule has 10 nitrogen and oxygen atoms in total. The molecule has 0 radical (unpaired) electrons. The van der Waals surface area contributed by atoms with E-state index in [1.807, 2.05) is 36.4 Å². The number of amides is 2. The number of nitrogens with zero attached hydrogens (tertiary/aromatic N) is 4. The molecule has 1 aromatic carbocycles. The van der Waals surface area contributed by atoms with Crippen molar-refractivity contribution in [2.75, 3.05) is 26.3 Å². The molecule has 2 aliphatic rings. The van der Waals surface area contributed by atoms with E-state index < -0.39 is 24.0 Å². The molecule has 4 N–H and O–H groups in total. The molecular weight excluding hydrogens is 472 g/mol. The molecule has 0 aliphatic carbocycles. The monoisotopic (exact) mass is 504 g/mol. The fraction of sp³-hybridized carbons (Fsp3) is 0.407. The highest BCUT2D eigenvalue weighted by Crippen LogP contribution is 2.38. The van der Waals surface area contributed by atoms with Crippen LogP contribution in [-0.2, 0) is 22.5 Å². The van der Waals surface area contributed by atoms with Crippen LogP contribution in [0.1, 0.15) is 34.5 Å². The summed E-state index contributed by atoms with van der Waals surface area (Å²) in [5.74, 6) is -1.02. The number of hydrogen-bond acceptors (Lipinski definition) is 7. The summed E-state index contributed by atoms with van der Waals surface area (Å²) in [6.07, 6.45) is 4.36. The number of carbonyl (C=O) groups is 2. The number of piperidine rings is 1. The van der Waals surface area contributed by atoms with E-state index in [4.69, 9.17) is 10.5 Å². The molecule has 194 valence electrons. The predicted octanol–water partition coefficient (Wildman–Crippen LogP) is 1.07. The maximum atomic E-state index is 13.3. The number of ether oxygens (including phenoxy) is 1. The second-order valence-electron chi connectivity index (χ2n) is 10.0. The van der Waals surface area contributed by atoms with Crippen LogP contribution in [0.5, 0.6) is 0 Å². The molecule has 2 aliphatic heterocycles. The van der Waals surface area contributed by atoms with Gasteiger partial charge in [0, 0.05) is 24.4 Å². The zero-order valence-electron chi connectivity index (χ0n) is 20.6. The van der Waals surface area contributed by atoms with Gasteiger partial charge in [-0.3, -0.25) is 14.5 Å². The number of nitrogens with one attached hydrogen (secondary N) is 1. The van der Waals surface area contributed by atoms with Crippen LogP contribution < -0.4 is 11.1 Å². The Balaban J connectivity index is 1.29. The predicted molar refractivity (Wildman–Crippen MR) is 136 cm³/mol. The second-order valence-corrected chi connectivity index (χ2v) is 10.0. The summed E-state index contributed by atoms with van der Waals surface area (Å²) < 4.78 is 7.01. The molecule has 2 amide bonds. The van der Waals surface area contributed by atoms with Crippen molar-refractivity contribution in [3.63, 3.8) is 0 Å². The molecule has 37 heavy (non-hydrogen) atoms. The van der Waals surface area contributed by atoms with Crippen LogP contribution in [0.15, 0.2) is 60.9 Å². The lowest BCUT2D eigenvalue weighted by atomic mass is 9.77. The van der Waals surface area contributed by atoms with Crippen LogP contribution in [0.3, 0.4) is 0 Å². The maximum Gasteiger partial charge on any atom is 0.255 e. The second kappa shape index (κ2) is 10.8. The van der Waals surface area contributed by atoms with Crippen LogP contribution in [0, 0.1) is 5.41 Å². The first kappa shape index (κ1) is 25.1. The number of benzene rings is 1. The van der Waals surface area contributed by atoms with Crippen molar-refractivity contribution in [2.24, 2.45) is 11.1 Å². The van der Waals surface area contributed by atoms with Crippen LogP contribution in [-0.4, -0.2) is 75.0 Å². The SMILES string of the molecule is NC(=O)C(O)C(Cc1ccccc1)NC(=O)c1cccnc1-n1ccc(CN2CCC3(CC2)COC3)n1. The standard InChI is InChI=1S/C27H32N6O4/c28-24(35)23(34)22(15-19-5-2-1-3-6-19)30-26(36)21-7-4-11-29-25(21)33-12-8-20(31-33)16-32-13-9-27(10-14-32)17-37-18-27/h1-8,11-12,22-23,34H,9-10,13-18H2,(H2,28,35)(H,30,36). The Hall–Kier alpha value is -3.60. The van der Waals surface area contributed by atoms with Gasteiger partial charge in [0.15, 0.2) is 11.9 Å². The number of aromatic nitrogens is 3. The van der Waals surface area contributed by atoms with Crippen LogP contribution in [0.25, 0.3) is 5.82 Å². The van der Waals surface area contributed by atoms with Gasteiger partial charge in [-0.25, -0.2) is 9.67 Å². The van der Waals surface area contributed by atoms with Gasteiger partial charge in [-0.05, 0) is 56.1 Å². The highest BCUT2D eigenvalue weighted by molar-refractivity contribution is 5.97. The lowest BCUT2D eigenvalue weighted by Crippen LogP contribution is -2.50. The third-order valence-corrected chi connectivity index (χ3v) is 7.30. The minimum absolute atomic E-state index is 0.238. The van der Waals surface area contributed by atoms with Crippen molar-refractivity contribution in [1.29, 1.82) is 0 Å². The van der Waals surface area contributed by atoms with Gasteiger partial charge in [-0.1, -0.05) is 30.3 Å². The molecule has 0 saturated carbocycles. The van der Waals surface area contributed by atoms with Crippen molar-refractivity contribution in [3.8, 4) is 5.82 Å². The molecule has 3 aromatic rings. The van der Waals surface area contributed by atoms with Gasteiger partial charge in [0.25, 0.3) is 5.91 Å². The first-order valence-corrected chi connectivity index (χ1v) is 12.5. The van der Waals surface area contributed by atoms with Gasteiger partial charge < -0.3 is 20.9 Å². The van der Waals surface area contributed by atoms with E-state index >= 15 is 0 Å². The van der Waals surface area contributed by atoms with E-state index in [1.54, 1.807) is 29.2 Å². The summed E-state index contributed by atoms with van der Waals surface area (Å²) in [6, 6.07) is 13.6. The van der Waals surface area contributed by atoms with E-state index in [0.29, 0.717) is 11.2 Å². The summed E-state index contributed by atoms with van der Waals surface area (Å²) in [5, 5.41) is 17.9. The van der Waals surface area contributed by atoms with E-state index in [9.17, 15) is 14.7 Å². The Bertz CT molecular complexity index is 1230. The Morgan fingerprint density at radius 1 is 1.11 bits per heavy atom. The van der Waals surface area contributed by atoms with Crippen LogP contribution >= 0.6 is 0 Å².